The topological polar surface area (TPSA) is 12.0 Å². The van der Waals surface area contributed by atoms with E-state index >= 15 is 0 Å². The van der Waals surface area contributed by atoms with Crippen molar-refractivity contribution in [3.05, 3.63) is 21.4 Å². The van der Waals surface area contributed by atoms with Crippen LogP contribution in [0.2, 0.25) is 0 Å². The van der Waals surface area contributed by atoms with Gasteiger partial charge in [0.15, 0.2) is 0 Å². The summed E-state index contributed by atoms with van der Waals surface area (Å²) in [5.41, 5.74) is 1.49. The zero-order valence-electron chi connectivity index (χ0n) is 10.4. The van der Waals surface area contributed by atoms with Gasteiger partial charge in [0.1, 0.15) is 0 Å². The van der Waals surface area contributed by atoms with Crippen molar-refractivity contribution in [3.8, 4) is 0 Å². The molecule has 2 rings (SSSR count). The molecule has 1 aromatic rings. The van der Waals surface area contributed by atoms with Gasteiger partial charge in [0, 0.05) is 27.6 Å². The molecule has 2 atom stereocenters. The van der Waals surface area contributed by atoms with Gasteiger partial charge in [-0.1, -0.05) is 6.42 Å². The third kappa shape index (κ3) is 2.82. The second-order valence-electron chi connectivity index (χ2n) is 4.63. The normalized spacial score (nSPS) is 25.2. The Balaban J connectivity index is 1.89. The molecule has 0 spiro atoms. The third-order valence-electron chi connectivity index (χ3n) is 3.45. The van der Waals surface area contributed by atoms with E-state index in [0.29, 0.717) is 0 Å². The van der Waals surface area contributed by atoms with Crippen LogP contribution in [-0.4, -0.2) is 17.5 Å². The van der Waals surface area contributed by atoms with Crippen LogP contribution in [0, 0.1) is 13.8 Å². The Morgan fingerprint density at radius 3 is 2.88 bits per heavy atom. The van der Waals surface area contributed by atoms with E-state index in [4.69, 9.17) is 0 Å². The molecular weight excluding hydrogens is 234 g/mol. The molecule has 1 saturated carbocycles. The predicted octanol–water partition coefficient (Wildman–Crippen LogP) is 3.74. The zero-order valence-corrected chi connectivity index (χ0v) is 12.0. The van der Waals surface area contributed by atoms with Crippen molar-refractivity contribution in [3.63, 3.8) is 0 Å². The second-order valence-corrected chi connectivity index (χ2v) is 7.17. The van der Waals surface area contributed by atoms with Crippen LogP contribution in [0.3, 0.4) is 0 Å². The maximum absolute atomic E-state index is 3.74. The fourth-order valence-corrected chi connectivity index (χ4v) is 4.45. The van der Waals surface area contributed by atoms with Gasteiger partial charge in [-0.3, -0.25) is 0 Å². The molecule has 0 bridgehead atoms. The van der Waals surface area contributed by atoms with Crippen LogP contribution in [0.1, 0.15) is 34.6 Å². The van der Waals surface area contributed by atoms with Crippen LogP contribution in [0.25, 0.3) is 0 Å². The summed E-state index contributed by atoms with van der Waals surface area (Å²) in [6.07, 6.45) is 6.38. The van der Waals surface area contributed by atoms with Gasteiger partial charge in [0.2, 0.25) is 0 Å². The Labute approximate surface area is 107 Å². The first-order valence-corrected chi connectivity index (χ1v) is 8.13. The smallest absolute Gasteiger partial charge is 0.0219 e. The first kappa shape index (κ1) is 12.5. The molecule has 0 radical (unpaired) electrons. The molecule has 2 unspecified atom stereocenters. The molecule has 0 saturated heterocycles. The van der Waals surface area contributed by atoms with Gasteiger partial charge in [-0.15, -0.1) is 11.3 Å². The van der Waals surface area contributed by atoms with Crippen molar-refractivity contribution in [1.29, 1.82) is 0 Å². The van der Waals surface area contributed by atoms with Crippen LogP contribution < -0.4 is 5.32 Å². The lowest BCUT2D eigenvalue weighted by Gasteiger charge is -2.19. The van der Waals surface area contributed by atoms with Crippen molar-refractivity contribution in [1.82, 2.24) is 5.32 Å². The van der Waals surface area contributed by atoms with Crippen LogP contribution in [0.5, 0.6) is 0 Å². The zero-order chi connectivity index (χ0) is 11.5. The van der Waals surface area contributed by atoms with Crippen LogP contribution in [-0.2, 0) is 6.54 Å². The first-order valence-electron chi connectivity index (χ1n) is 6.03. The Morgan fingerprint density at radius 2 is 2.25 bits per heavy atom. The largest absolute Gasteiger partial charge is 0.309 e. The minimum atomic E-state index is 0.731. The monoisotopic (exact) mass is 255 g/mol. The molecule has 1 aromatic heterocycles. The summed E-state index contributed by atoms with van der Waals surface area (Å²) in [7, 11) is 0. The Morgan fingerprint density at radius 1 is 1.44 bits per heavy atom. The van der Waals surface area contributed by atoms with Gasteiger partial charge in [0.05, 0.1) is 0 Å². The summed E-state index contributed by atoms with van der Waals surface area (Å²) in [5.74, 6) is 0. The SMILES string of the molecule is CSC1CCCC1NCc1cc(C)sc1C. The number of hydrogen-bond acceptors (Lipinski definition) is 3. The van der Waals surface area contributed by atoms with Crippen molar-refractivity contribution >= 4 is 23.1 Å². The maximum atomic E-state index is 3.74. The summed E-state index contributed by atoms with van der Waals surface area (Å²) < 4.78 is 0. The van der Waals surface area contributed by atoms with Gasteiger partial charge >= 0.3 is 0 Å². The van der Waals surface area contributed by atoms with Crippen molar-refractivity contribution < 1.29 is 0 Å². The summed E-state index contributed by atoms with van der Waals surface area (Å²) >= 11 is 3.94. The maximum Gasteiger partial charge on any atom is 0.0219 e. The molecule has 1 aliphatic rings. The molecule has 0 aliphatic heterocycles. The summed E-state index contributed by atoms with van der Waals surface area (Å²) in [6.45, 7) is 5.48. The summed E-state index contributed by atoms with van der Waals surface area (Å²) in [5, 5.41) is 4.57. The average molecular weight is 255 g/mol. The van der Waals surface area contributed by atoms with Crippen LogP contribution in [0.15, 0.2) is 6.07 Å². The Bertz CT molecular complexity index is 346. The summed E-state index contributed by atoms with van der Waals surface area (Å²) in [6, 6.07) is 3.06. The van der Waals surface area contributed by atoms with E-state index in [9.17, 15) is 0 Å². The van der Waals surface area contributed by atoms with Crippen molar-refractivity contribution in [2.45, 2.75) is 50.9 Å². The molecule has 1 heterocycles. The quantitative estimate of drug-likeness (QED) is 0.879. The molecule has 90 valence electrons. The Hall–Kier alpha value is 0.01000. The van der Waals surface area contributed by atoms with E-state index in [1.807, 2.05) is 23.1 Å². The van der Waals surface area contributed by atoms with Crippen molar-refractivity contribution in [2.24, 2.45) is 0 Å². The van der Waals surface area contributed by atoms with E-state index < -0.39 is 0 Å². The van der Waals surface area contributed by atoms with Crippen LogP contribution >= 0.6 is 23.1 Å². The molecule has 0 amide bonds. The number of aryl methyl sites for hydroxylation is 2. The van der Waals surface area contributed by atoms with E-state index in [-0.39, 0.29) is 0 Å². The highest BCUT2D eigenvalue weighted by Gasteiger charge is 2.25. The number of rotatable bonds is 4. The fraction of sp³-hybridized carbons (Fsp3) is 0.692. The second kappa shape index (κ2) is 5.56. The lowest BCUT2D eigenvalue weighted by atomic mass is 10.2. The number of thiophene rings is 1. The molecule has 3 heteroatoms. The number of nitrogens with one attached hydrogen (secondary N) is 1. The van der Waals surface area contributed by atoms with E-state index in [1.54, 1.807) is 0 Å². The van der Waals surface area contributed by atoms with E-state index in [1.165, 1.54) is 34.6 Å². The highest BCUT2D eigenvalue weighted by Crippen LogP contribution is 2.29. The molecule has 1 fully saturated rings. The van der Waals surface area contributed by atoms with E-state index in [0.717, 1.165) is 17.8 Å². The minimum absolute atomic E-state index is 0.731. The standard InChI is InChI=1S/C13H21NS2/c1-9-7-11(10(2)16-9)8-14-12-5-4-6-13(12)15-3/h7,12-14H,4-6,8H2,1-3H3. The molecule has 0 aromatic carbocycles. The average Bonchev–Trinajstić information content (AvgIpc) is 2.81. The van der Waals surface area contributed by atoms with Crippen molar-refractivity contribution in [2.75, 3.05) is 6.26 Å². The predicted molar refractivity (Wildman–Crippen MR) is 75.6 cm³/mol. The van der Waals surface area contributed by atoms with Gasteiger partial charge in [-0.05, 0) is 44.6 Å². The van der Waals surface area contributed by atoms with Gasteiger partial charge in [-0.25, -0.2) is 0 Å². The summed E-state index contributed by atoms with van der Waals surface area (Å²) in [4.78, 5) is 2.91. The van der Waals surface area contributed by atoms with Gasteiger partial charge in [0.25, 0.3) is 0 Å². The lowest BCUT2D eigenvalue weighted by Crippen LogP contribution is -2.33. The van der Waals surface area contributed by atoms with Crippen LogP contribution in [0.4, 0.5) is 0 Å². The number of thioether (sulfide) groups is 1. The molecule has 16 heavy (non-hydrogen) atoms. The first-order chi connectivity index (χ1) is 7.70. The molecule has 1 aliphatic carbocycles. The Kier molecular flexibility index (Phi) is 4.34. The highest BCUT2D eigenvalue weighted by molar-refractivity contribution is 7.99. The highest BCUT2D eigenvalue weighted by atomic mass is 32.2. The third-order valence-corrected chi connectivity index (χ3v) is 5.63. The molecule has 1 nitrogen and oxygen atoms in total. The molecule has 1 N–H and O–H groups in total. The van der Waals surface area contributed by atoms with E-state index in [2.05, 4.69) is 31.5 Å². The van der Waals surface area contributed by atoms with Gasteiger partial charge in [-0.2, -0.15) is 11.8 Å². The van der Waals surface area contributed by atoms with Gasteiger partial charge < -0.3 is 5.32 Å². The minimum Gasteiger partial charge on any atom is -0.309 e. The molecular formula is C13H21NS2. The number of hydrogen-bond donors (Lipinski definition) is 1. The fourth-order valence-electron chi connectivity index (χ4n) is 2.54. The lowest BCUT2D eigenvalue weighted by molar-refractivity contribution is 0.532.